The van der Waals surface area contributed by atoms with Crippen molar-refractivity contribution >= 4 is 52.5 Å². The molecule has 0 heterocycles. The lowest BCUT2D eigenvalue weighted by Crippen LogP contribution is -2.42. The van der Waals surface area contributed by atoms with Crippen molar-refractivity contribution in [1.82, 2.24) is 10.6 Å². The van der Waals surface area contributed by atoms with E-state index >= 15 is 0 Å². The number of hydrogen-bond acceptors (Lipinski definition) is 6. The third kappa shape index (κ3) is 7.88. The second-order valence-electron chi connectivity index (χ2n) is 10.1. The molecule has 11 heteroatoms. The van der Waals surface area contributed by atoms with E-state index in [0.29, 0.717) is 5.69 Å². The van der Waals surface area contributed by atoms with Crippen LogP contribution in [0.25, 0.3) is 11.1 Å². The minimum absolute atomic E-state index is 0.0218. The number of Topliss-reactive ketones (excluding diaryl/α,β-unsaturated/α-hetero) is 1. The maximum absolute atomic E-state index is 13.1. The van der Waals surface area contributed by atoms with Gasteiger partial charge < -0.3 is 26.8 Å². The van der Waals surface area contributed by atoms with Crippen LogP contribution in [0, 0.1) is 0 Å². The van der Waals surface area contributed by atoms with E-state index in [0.717, 1.165) is 36.0 Å². The van der Waals surface area contributed by atoms with Crippen molar-refractivity contribution in [3.8, 4) is 11.1 Å². The predicted molar refractivity (Wildman–Crippen MR) is 165 cm³/mol. The van der Waals surface area contributed by atoms with Crippen molar-refractivity contribution in [1.29, 1.82) is 0 Å². The molecule has 0 bridgehead atoms. The van der Waals surface area contributed by atoms with Crippen molar-refractivity contribution in [2.45, 2.75) is 44.2 Å². The number of nitrogens with two attached hydrogens (primary N) is 2. The highest BCUT2D eigenvalue weighted by atomic mass is 35.5. The summed E-state index contributed by atoms with van der Waals surface area (Å²) in [6, 6.07) is 17.4. The molecule has 1 unspecified atom stereocenters. The summed E-state index contributed by atoms with van der Waals surface area (Å²) in [5, 5.41) is 6.23. The van der Waals surface area contributed by atoms with E-state index in [2.05, 4.69) is 15.6 Å². The number of nitrogens with one attached hydrogen (secondary N) is 2. The van der Waals surface area contributed by atoms with Gasteiger partial charge in [-0.1, -0.05) is 59.6 Å². The first-order valence-corrected chi connectivity index (χ1v) is 14.3. The third-order valence-electron chi connectivity index (χ3n) is 7.13. The van der Waals surface area contributed by atoms with Gasteiger partial charge in [-0.2, -0.15) is 0 Å². The number of ketones is 1. The second kappa shape index (κ2) is 14.3. The number of aryl methyl sites for hydroxylation is 1. The number of esters is 1. The molecule has 0 fully saturated rings. The average molecular weight is 611 g/mol. The van der Waals surface area contributed by atoms with Crippen LogP contribution in [0.4, 0.5) is 5.69 Å². The fourth-order valence-corrected chi connectivity index (χ4v) is 5.72. The number of guanidine groups is 1. The van der Waals surface area contributed by atoms with Gasteiger partial charge in [0.05, 0.1) is 35.0 Å². The lowest BCUT2D eigenvalue weighted by molar-refractivity contribution is -0.143. The van der Waals surface area contributed by atoms with Gasteiger partial charge in [-0.3, -0.25) is 9.59 Å². The summed E-state index contributed by atoms with van der Waals surface area (Å²) >= 11 is 12.9. The normalized spacial score (nSPS) is 14.8. The van der Waals surface area contributed by atoms with Crippen molar-refractivity contribution < 1.29 is 19.1 Å². The fraction of sp³-hybridized carbons (Fsp3) is 0.290. The maximum Gasteiger partial charge on any atom is 0.328 e. The molecule has 6 N–H and O–H groups in total. The molecule has 0 saturated carbocycles. The largest absolute Gasteiger partial charge is 0.467 e. The van der Waals surface area contributed by atoms with Gasteiger partial charge in [0.25, 0.3) is 5.91 Å². The lowest BCUT2D eigenvalue weighted by Gasteiger charge is -2.26. The molecule has 3 aromatic rings. The van der Waals surface area contributed by atoms with E-state index in [9.17, 15) is 14.4 Å². The molecule has 1 aliphatic rings. The summed E-state index contributed by atoms with van der Waals surface area (Å²) in [7, 11) is 1.22. The summed E-state index contributed by atoms with van der Waals surface area (Å²) in [5.41, 5.74) is 15.6. The third-order valence-corrected chi connectivity index (χ3v) is 7.72. The van der Waals surface area contributed by atoms with E-state index in [1.54, 1.807) is 12.1 Å². The molecule has 2 atom stereocenters. The van der Waals surface area contributed by atoms with Crippen LogP contribution in [0.5, 0.6) is 0 Å². The summed E-state index contributed by atoms with van der Waals surface area (Å²) in [5.74, 6) is -1.45. The molecule has 4 rings (SSSR count). The summed E-state index contributed by atoms with van der Waals surface area (Å²) < 4.78 is 4.88. The van der Waals surface area contributed by atoms with E-state index in [1.165, 1.54) is 12.7 Å². The summed E-state index contributed by atoms with van der Waals surface area (Å²) in [6.45, 7) is 0.0943. The van der Waals surface area contributed by atoms with Gasteiger partial charge in [-0.05, 0) is 72.2 Å². The van der Waals surface area contributed by atoms with Gasteiger partial charge in [0, 0.05) is 12.5 Å². The quantitative estimate of drug-likeness (QED) is 0.138. The monoisotopic (exact) mass is 609 g/mol. The number of amides is 1. The second-order valence-corrected chi connectivity index (χ2v) is 10.9. The van der Waals surface area contributed by atoms with Crippen LogP contribution in [0.3, 0.4) is 0 Å². The van der Waals surface area contributed by atoms with E-state index in [4.69, 9.17) is 39.4 Å². The van der Waals surface area contributed by atoms with Crippen molar-refractivity contribution in [2.75, 3.05) is 13.7 Å². The highest BCUT2D eigenvalue weighted by Crippen LogP contribution is 2.33. The van der Waals surface area contributed by atoms with Gasteiger partial charge >= 0.3 is 5.97 Å². The Bertz CT molecular complexity index is 1470. The zero-order chi connectivity index (χ0) is 30.2. The zero-order valence-electron chi connectivity index (χ0n) is 23.2. The van der Waals surface area contributed by atoms with Crippen LogP contribution in [-0.4, -0.2) is 43.3 Å². The molecule has 1 aliphatic carbocycles. The van der Waals surface area contributed by atoms with Crippen LogP contribution < -0.4 is 22.1 Å². The highest BCUT2D eigenvalue weighted by Gasteiger charge is 2.26. The fourth-order valence-electron chi connectivity index (χ4n) is 5.06. The van der Waals surface area contributed by atoms with Gasteiger partial charge in [0.2, 0.25) is 0 Å². The van der Waals surface area contributed by atoms with Crippen LogP contribution in [0.2, 0.25) is 10.0 Å². The Hall–Kier alpha value is -3.92. The Balaban J connectivity index is 1.38. The highest BCUT2D eigenvalue weighted by molar-refractivity contribution is 6.40. The molecule has 1 amide bonds. The first-order valence-electron chi connectivity index (χ1n) is 13.6. The first-order chi connectivity index (χ1) is 20.2. The number of aliphatic imine (C=N–C) groups is 1. The van der Waals surface area contributed by atoms with Gasteiger partial charge in [0.15, 0.2) is 5.96 Å². The Labute approximate surface area is 254 Å². The maximum atomic E-state index is 13.1. The van der Waals surface area contributed by atoms with Gasteiger partial charge in [-0.15, -0.1) is 0 Å². The minimum atomic E-state index is -1.06. The number of benzene rings is 3. The van der Waals surface area contributed by atoms with Crippen LogP contribution in [0.1, 0.15) is 53.2 Å². The summed E-state index contributed by atoms with van der Waals surface area (Å²) in [4.78, 5) is 42.6. The molecule has 0 spiro atoms. The van der Waals surface area contributed by atoms with Crippen LogP contribution in [-0.2, 0) is 20.7 Å². The number of ether oxygens (including phenoxy) is 1. The molecule has 220 valence electrons. The van der Waals surface area contributed by atoms with E-state index < -0.39 is 17.9 Å². The molecular weight excluding hydrogens is 577 g/mol. The SMILES string of the molecule is COC(=O)[C@H](CCC(=O)CNC1CCCc2ccc(N=C(N)N)cc21)NC(=O)c1c(Cl)cc(-c2ccccc2)cc1Cl. The molecule has 0 aromatic heterocycles. The molecule has 42 heavy (non-hydrogen) atoms. The minimum Gasteiger partial charge on any atom is -0.467 e. The van der Waals surface area contributed by atoms with Crippen LogP contribution >= 0.6 is 23.2 Å². The number of nitrogens with zero attached hydrogens (tertiary/aromatic N) is 1. The lowest BCUT2D eigenvalue weighted by atomic mass is 9.87. The Morgan fingerprint density at radius 3 is 2.40 bits per heavy atom. The number of carbonyl (C=O) groups is 3. The number of methoxy groups -OCH3 is 1. The Kier molecular flexibility index (Phi) is 10.6. The topological polar surface area (TPSA) is 149 Å². The molecule has 0 radical (unpaired) electrons. The van der Waals surface area contributed by atoms with Gasteiger partial charge in [-0.25, -0.2) is 9.79 Å². The van der Waals surface area contributed by atoms with Crippen molar-refractivity contribution in [2.24, 2.45) is 16.5 Å². The van der Waals surface area contributed by atoms with Crippen molar-refractivity contribution in [3.05, 3.63) is 87.4 Å². The van der Waals surface area contributed by atoms with Crippen LogP contribution in [0.15, 0.2) is 65.7 Å². The number of fused-ring (bicyclic) bond motifs is 1. The molecular formula is C31H33Cl2N5O4. The first kappa shape index (κ1) is 31.0. The van der Waals surface area contributed by atoms with E-state index in [-0.39, 0.29) is 52.8 Å². The van der Waals surface area contributed by atoms with Gasteiger partial charge in [0.1, 0.15) is 11.8 Å². The number of halogens is 2. The zero-order valence-corrected chi connectivity index (χ0v) is 24.7. The smallest absolute Gasteiger partial charge is 0.328 e. The molecule has 3 aromatic carbocycles. The number of hydrogen-bond donors (Lipinski definition) is 4. The number of rotatable bonds is 11. The molecule has 0 saturated heterocycles. The standard InChI is InChI=1S/C31H33Cl2N5O4/c1-42-30(41)27(38-29(40)28-24(32)14-20(15-25(28)33)18-6-3-2-4-7-18)13-12-22(39)17-36-26-9-5-8-19-10-11-21(16-23(19)26)37-31(34)35/h2-4,6-7,10-11,14-16,26-27,36H,5,8-9,12-13,17H2,1H3,(H,38,40)(H4,34,35,37)/t26?,27-/m0/s1. The average Bonchev–Trinajstić information content (AvgIpc) is 2.97. The Morgan fingerprint density at radius 1 is 1.02 bits per heavy atom. The number of carbonyl (C=O) groups excluding carboxylic acids is 3. The molecule has 0 aliphatic heterocycles. The van der Waals surface area contributed by atoms with Crippen molar-refractivity contribution in [3.63, 3.8) is 0 Å². The summed E-state index contributed by atoms with van der Waals surface area (Å²) in [6.07, 6.45) is 2.86. The predicted octanol–water partition coefficient (Wildman–Crippen LogP) is 4.85. The van der Waals surface area contributed by atoms with E-state index in [1.807, 2.05) is 48.5 Å². The molecule has 9 nitrogen and oxygen atoms in total. The Morgan fingerprint density at radius 2 is 1.74 bits per heavy atom.